The molecule has 3 aliphatic heterocycles. The number of aryl methyl sites for hydroxylation is 6. The number of likely N-dealkylation sites (tertiary alicyclic amines) is 1. The van der Waals surface area contributed by atoms with Crippen molar-refractivity contribution < 1.29 is 28.7 Å². The lowest BCUT2D eigenvalue weighted by Crippen LogP contribution is -2.47. The Bertz CT molecular complexity index is 5920. The van der Waals surface area contributed by atoms with Crippen molar-refractivity contribution in [1.82, 2.24) is 51.0 Å². The minimum absolute atomic E-state index is 0.0920. The fourth-order valence-corrected chi connectivity index (χ4v) is 23.1. The van der Waals surface area contributed by atoms with Crippen LogP contribution in [0.15, 0.2) is 122 Å². The second-order valence-electron chi connectivity index (χ2n) is 43.0. The van der Waals surface area contributed by atoms with Gasteiger partial charge in [0.25, 0.3) is 40.3 Å². The van der Waals surface area contributed by atoms with Gasteiger partial charge in [-0.1, -0.05) is 101 Å². The summed E-state index contributed by atoms with van der Waals surface area (Å²) in [4.78, 5) is 134. The SMILES string of the molecule is CCCc1cc(C)[nH]c(=O)c1CNC(=O)c1cc(-c2ccc(N3CCN(C)CC3)nc2)cc(N(CC)C2CCOCC2)c1C.CCN(c1cc(Cl)cc(C(=O)NCC2=C(C)C=C(C)C(C)C2=O)c1C)C1CCC(C(C)(C)C)CC1.CCN(c1cc(Cl)cc(C(=O)NCc2c(C)cc(C)[nH]c2=O)c1C)C1CCC(C(C)C)CC1.CCN(c1cc(Cl)cc(C(=O)NCc2c(C)cc(C)[nH]c2=O)c1C)C1CCN(C(C)C)CC1. The molecule has 1 unspecified atom stereocenters. The maximum atomic E-state index is 13.9. The third-order valence-corrected chi connectivity index (χ3v) is 32.2. The normalized spacial score (nSPS) is 18.2. The number of nitrogens with zero attached hydrogens (tertiary/aromatic N) is 8. The lowest BCUT2D eigenvalue weighted by Gasteiger charge is -2.42. The summed E-state index contributed by atoms with van der Waals surface area (Å²) in [5, 5.41) is 13.6. The van der Waals surface area contributed by atoms with Gasteiger partial charge in [0.2, 0.25) is 0 Å². The largest absolute Gasteiger partial charge is 0.381 e. The summed E-state index contributed by atoms with van der Waals surface area (Å²) >= 11 is 19.5. The molecule has 4 amide bonds. The molecular formula is C118H166Cl3N15O9. The van der Waals surface area contributed by atoms with E-state index in [4.69, 9.17) is 44.5 Å². The number of piperazine rings is 1. The summed E-state index contributed by atoms with van der Waals surface area (Å²) < 4.78 is 5.67. The molecule has 24 nitrogen and oxygen atoms in total. The minimum atomic E-state index is -0.221. The lowest BCUT2D eigenvalue weighted by molar-refractivity contribution is -0.118. The third kappa shape index (κ3) is 29.4. The Morgan fingerprint density at radius 1 is 0.469 bits per heavy atom. The molecule has 1 atom stereocenters. The number of ketones is 1. The summed E-state index contributed by atoms with van der Waals surface area (Å²) in [5.74, 6) is 2.41. The van der Waals surface area contributed by atoms with Crippen molar-refractivity contribution in [3.63, 3.8) is 0 Å². The first-order chi connectivity index (χ1) is 68.9. The van der Waals surface area contributed by atoms with Crippen molar-refractivity contribution in [1.29, 1.82) is 0 Å². The fourth-order valence-electron chi connectivity index (χ4n) is 22.5. The molecule has 8 aromatic rings. The number of rotatable bonds is 30. The number of likely N-dealkylation sites (N-methyl/N-ethyl adjacent to an activating group) is 1. The zero-order valence-electron chi connectivity index (χ0n) is 91.5. The first-order valence-electron chi connectivity index (χ1n) is 53.4. The zero-order valence-corrected chi connectivity index (χ0v) is 93.7. The predicted octanol–water partition coefficient (Wildman–Crippen LogP) is 22.5. The highest BCUT2D eigenvalue weighted by Crippen LogP contribution is 2.44. The number of hydrogen-bond acceptors (Lipinski definition) is 17. The number of pyridine rings is 4. The predicted molar refractivity (Wildman–Crippen MR) is 599 cm³/mol. The van der Waals surface area contributed by atoms with Crippen molar-refractivity contribution >= 4 is 92.8 Å². The van der Waals surface area contributed by atoms with Crippen molar-refractivity contribution in [2.75, 3.05) is 117 Å². The second kappa shape index (κ2) is 52.5. The number of nitrogens with one attached hydrogen (secondary N) is 7. The van der Waals surface area contributed by atoms with Crippen LogP contribution >= 0.6 is 34.8 Å². The number of H-pyrrole nitrogens is 3. The zero-order chi connectivity index (χ0) is 106. The molecule has 4 aromatic carbocycles. The average Bonchev–Trinajstić information content (AvgIpc) is 0.785. The van der Waals surface area contributed by atoms with Crippen LogP contribution in [-0.4, -0.2) is 182 Å². The minimum Gasteiger partial charge on any atom is -0.381 e. The Labute approximate surface area is 878 Å². The number of ether oxygens (including phenoxy) is 1. The Hall–Kier alpha value is -10.3. The Morgan fingerprint density at radius 2 is 0.862 bits per heavy atom. The number of allylic oxidation sites excluding steroid dienone is 3. The monoisotopic (exact) mass is 2040 g/mol. The van der Waals surface area contributed by atoms with Gasteiger partial charge in [0.15, 0.2) is 5.78 Å². The summed E-state index contributed by atoms with van der Waals surface area (Å²) in [7, 11) is 2.15. The molecule has 5 fully saturated rings. The van der Waals surface area contributed by atoms with Crippen LogP contribution in [-0.2, 0) is 35.6 Å². The van der Waals surface area contributed by atoms with Crippen molar-refractivity contribution in [3.8, 4) is 11.1 Å². The van der Waals surface area contributed by atoms with Gasteiger partial charge in [-0.15, -0.1) is 0 Å². The molecule has 7 N–H and O–H groups in total. The molecule has 4 aromatic heterocycles. The number of hydrogen-bond donors (Lipinski definition) is 7. The summed E-state index contributed by atoms with van der Waals surface area (Å²) in [6, 6.07) is 27.6. The van der Waals surface area contributed by atoms with Gasteiger partial charge < -0.3 is 75.3 Å². The van der Waals surface area contributed by atoms with Crippen LogP contribution < -0.4 is 62.4 Å². The highest BCUT2D eigenvalue weighted by molar-refractivity contribution is 6.32. The van der Waals surface area contributed by atoms with E-state index in [9.17, 15) is 38.4 Å². The van der Waals surface area contributed by atoms with Gasteiger partial charge in [0, 0.05) is 252 Å². The van der Waals surface area contributed by atoms with Gasteiger partial charge in [-0.2, -0.15) is 0 Å². The van der Waals surface area contributed by atoms with Gasteiger partial charge in [0.05, 0.1) is 0 Å². The third-order valence-electron chi connectivity index (χ3n) is 31.6. The standard InChI is InChI=1S/C35H48N6O3.C30H43ClN2O2.C27H38ClN3O2.C26H37ClN4O2/c1-6-8-26-19-24(3)38-35(43)31(26)23-37-34(42)30-20-28(21-32(25(30)4)41(7-2)29-11-17-44-18-12-29)27-9-10-33(36-22-27)40-15-13-39(5)14-16-40;1-9-33(24-12-10-22(11-13-24)30(6,7)8)27-16-23(31)15-25(21(27)5)29(35)32-17-26-19(3)14-18(2)20(4)28(26)34;1-7-31(22-10-8-20(9-11-22)16(2)3)25-14-21(28)13-23(19(25)6)26(32)29-15-24-17(4)12-18(5)30-27(24)33;1-7-31(21-8-10-30(11-9-21)16(2)3)24-14-20(27)13-22(19(24)6)25(32)28-15-23-17(4)12-18(5)29-26(23)33/h9-10,19-22,29H,6-8,11-18,23H2,1-5H3,(H,37,42)(H,38,43);14-16,20,22,24H,9-13,17H2,1-8H3,(H,32,35);12-14,16,20,22H,7-11,15H2,1-6H3,(H,29,32)(H,30,33);12-14,16,21H,7-11,15H2,1-6H3,(H,28,32)(H,29,33). The first-order valence-corrected chi connectivity index (χ1v) is 54.5. The number of benzene rings is 4. The van der Waals surface area contributed by atoms with Crippen LogP contribution in [0, 0.1) is 91.4 Å². The Balaban J connectivity index is 0.000000186. The molecule has 3 aliphatic carbocycles. The van der Waals surface area contributed by atoms with Crippen molar-refractivity contribution in [2.45, 2.75) is 306 Å². The maximum Gasteiger partial charge on any atom is 0.253 e. The van der Waals surface area contributed by atoms with Crippen molar-refractivity contribution in [3.05, 3.63) is 249 Å². The maximum absolute atomic E-state index is 13.9. The molecule has 7 heterocycles. The molecular weight excluding hydrogens is 1880 g/mol. The second-order valence-corrected chi connectivity index (χ2v) is 44.3. The number of aromatic amines is 3. The number of halogens is 3. The fraction of sp³-hybridized carbons (Fsp3) is 0.551. The molecule has 145 heavy (non-hydrogen) atoms. The van der Waals surface area contributed by atoms with Crippen LogP contribution in [0.5, 0.6) is 0 Å². The number of carbonyl (C=O) groups excluding carboxylic acids is 5. The van der Waals surface area contributed by atoms with Crippen LogP contribution in [0.1, 0.15) is 301 Å². The molecule has 788 valence electrons. The number of anilines is 5. The molecule has 2 saturated carbocycles. The summed E-state index contributed by atoms with van der Waals surface area (Å²) in [6.45, 7) is 62.0. The Morgan fingerprint density at radius 3 is 1.26 bits per heavy atom. The van der Waals surface area contributed by atoms with Gasteiger partial charge in [-0.3, -0.25) is 38.4 Å². The quantitative estimate of drug-likeness (QED) is 0.0220. The van der Waals surface area contributed by atoms with E-state index in [-0.39, 0.29) is 78.2 Å². The van der Waals surface area contributed by atoms with E-state index >= 15 is 0 Å². The van der Waals surface area contributed by atoms with E-state index < -0.39 is 0 Å². The summed E-state index contributed by atoms with van der Waals surface area (Å²) in [6.07, 6.45) is 19.4. The molecule has 27 heteroatoms. The van der Waals surface area contributed by atoms with Crippen LogP contribution in [0.3, 0.4) is 0 Å². The first kappa shape index (κ1) is 115. The topological polar surface area (TPSA) is 277 Å². The van der Waals surface area contributed by atoms with Gasteiger partial charge in [-0.25, -0.2) is 4.98 Å². The lowest BCUT2D eigenvalue weighted by atomic mass is 9.71. The summed E-state index contributed by atoms with van der Waals surface area (Å²) in [5.41, 5.74) is 21.6. The highest BCUT2D eigenvalue weighted by Gasteiger charge is 2.37. The van der Waals surface area contributed by atoms with E-state index in [0.29, 0.717) is 95.2 Å². The Kier molecular flexibility index (Phi) is 41.6. The van der Waals surface area contributed by atoms with Gasteiger partial charge in [-0.05, 0) is 360 Å². The van der Waals surface area contributed by atoms with Crippen LogP contribution in [0.4, 0.5) is 28.6 Å². The molecule has 14 rings (SSSR count). The van der Waals surface area contributed by atoms with Crippen molar-refractivity contribution in [2.24, 2.45) is 29.1 Å². The van der Waals surface area contributed by atoms with E-state index in [1.54, 1.807) is 18.2 Å². The number of piperidine rings is 1. The molecule has 3 saturated heterocycles. The van der Waals surface area contributed by atoms with Gasteiger partial charge in [0.1, 0.15) is 5.82 Å². The highest BCUT2D eigenvalue weighted by atomic mass is 35.5. The van der Waals surface area contributed by atoms with Crippen LogP contribution in [0.2, 0.25) is 15.1 Å². The smallest absolute Gasteiger partial charge is 0.253 e. The van der Waals surface area contributed by atoms with Crippen LogP contribution in [0.25, 0.3) is 11.1 Å². The molecule has 6 aliphatic rings. The molecule has 0 bridgehead atoms. The molecule has 0 radical (unpaired) electrons. The number of Topliss-reactive ketones (excluding diaryl/α,β-unsaturated/α-hetero) is 1. The average molecular weight is 2050 g/mol. The van der Waals surface area contributed by atoms with E-state index in [1.807, 2.05) is 138 Å². The van der Waals surface area contributed by atoms with E-state index in [2.05, 4.69) is 179 Å². The van der Waals surface area contributed by atoms with E-state index in [1.165, 1.54) is 38.5 Å². The number of carbonyl (C=O) groups is 5. The van der Waals surface area contributed by atoms with Gasteiger partial charge >= 0.3 is 0 Å². The molecule has 0 spiro atoms. The van der Waals surface area contributed by atoms with E-state index in [0.717, 1.165) is 255 Å². The number of aromatic nitrogens is 4. The number of amides is 4.